The van der Waals surface area contributed by atoms with Gasteiger partial charge in [0, 0.05) is 17.5 Å². The number of unbranched alkanes of at least 4 members (excludes halogenated alkanes) is 4. The molecular weight excluding hydrogens is 334 g/mol. The highest BCUT2D eigenvalue weighted by Gasteiger charge is 2.25. The molecule has 3 rings (SSSR count). The zero-order chi connectivity index (χ0) is 16.8. The minimum absolute atomic E-state index is 0.108. The third-order valence-corrected chi connectivity index (χ3v) is 6.14. The summed E-state index contributed by atoms with van der Waals surface area (Å²) in [4.78, 5) is 16.8. The molecule has 0 spiro atoms. The van der Waals surface area contributed by atoms with Gasteiger partial charge in [0.15, 0.2) is 5.78 Å². The van der Waals surface area contributed by atoms with Crippen LogP contribution in [-0.4, -0.2) is 12.3 Å². The molecule has 0 unspecified atom stereocenters. The van der Waals surface area contributed by atoms with Crippen molar-refractivity contribution >= 4 is 34.6 Å². The van der Waals surface area contributed by atoms with Crippen LogP contribution in [0.2, 0.25) is 0 Å². The monoisotopic (exact) mass is 357 g/mol. The Hall–Kier alpha value is -1.52. The number of thiophene rings is 1. The van der Waals surface area contributed by atoms with Crippen molar-refractivity contribution < 1.29 is 4.79 Å². The first kappa shape index (κ1) is 17.3. The summed E-state index contributed by atoms with van der Waals surface area (Å²) in [6.45, 7) is 3.22. The predicted octanol–water partition coefficient (Wildman–Crippen LogP) is 6.35. The lowest BCUT2D eigenvalue weighted by Crippen LogP contribution is -2.19. The molecule has 0 bridgehead atoms. The van der Waals surface area contributed by atoms with Crippen molar-refractivity contribution in [2.45, 2.75) is 43.9 Å². The fourth-order valence-corrected chi connectivity index (χ4v) is 4.62. The molecule has 1 aliphatic heterocycles. The lowest BCUT2D eigenvalue weighted by Gasteiger charge is -2.20. The second kappa shape index (κ2) is 8.54. The van der Waals surface area contributed by atoms with Gasteiger partial charge in [-0.2, -0.15) is 0 Å². The third kappa shape index (κ3) is 4.11. The lowest BCUT2D eigenvalue weighted by atomic mass is 10.1. The summed E-state index contributed by atoms with van der Waals surface area (Å²) in [7, 11) is 0. The molecule has 1 aromatic heterocycles. The molecule has 2 heterocycles. The SMILES string of the molecule is CCCCCCCN1C(=CC(=O)c2cccs2)Sc2ccccc21. The van der Waals surface area contributed by atoms with Crippen molar-refractivity contribution in [2.75, 3.05) is 11.4 Å². The topological polar surface area (TPSA) is 20.3 Å². The molecule has 0 aliphatic carbocycles. The van der Waals surface area contributed by atoms with Crippen molar-refractivity contribution in [3.05, 3.63) is 57.8 Å². The van der Waals surface area contributed by atoms with Gasteiger partial charge in [0.25, 0.3) is 0 Å². The molecule has 24 heavy (non-hydrogen) atoms. The Bertz CT molecular complexity index is 706. The summed E-state index contributed by atoms with van der Waals surface area (Å²) in [5.74, 6) is 0.108. The molecule has 126 valence electrons. The number of anilines is 1. The summed E-state index contributed by atoms with van der Waals surface area (Å²) in [6.07, 6.45) is 8.10. The van der Waals surface area contributed by atoms with E-state index < -0.39 is 0 Å². The smallest absolute Gasteiger partial charge is 0.198 e. The lowest BCUT2D eigenvalue weighted by molar-refractivity contribution is 0.105. The van der Waals surface area contributed by atoms with E-state index >= 15 is 0 Å². The molecule has 1 aliphatic rings. The number of fused-ring (bicyclic) bond motifs is 1. The highest BCUT2D eigenvalue weighted by atomic mass is 32.2. The van der Waals surface area contributed by atoms with Crippen LogP contribution in [0, 0.1) is 0 Å². The van der Waals surface area contributed by atoms with Crippen molar-refractivity contribution in [2.24, 2.45) is 0 Å². The number of nitrogens with zero attached hydrogens (tertiary/aromatic N) is 1. The maximum Gasteiger partial charge on any atom is 0.198 e. The first-order valence-electron chi connectivity index (χ1n) is 8.63. The van der Waals surface area contributed by atoms with E-state index in [-0.39, 0.29) is 5.78 Å². The Balaban J connectivity index is 1.73. The van der Waals surface area contributed by atoms with E-state index in [0.29, 0.717) is 0 Å². The molecule has 0 fully saturated rings. The van der Waals surface area contributed by atoms with E-state index in [4.69, 9.17) is 0 Å². The van der Waals surface area contributed by atoms with Crippen LogP contribution in [0.25, 0.3) is 0 Å². The molecule has 0 atom stereocenters. The van der Waals surface area contributed by atoms with E-state index in [1.807, 2.05) is 23.6 Å². The molecule has 2 aromatic rings. The van der Waals surface area contributed by atoms with Gasteiger partial charge in [-0.1, -0.05) is 62.6 Å². The van der Waals surface area contributed by atoms with Gasteiger partial charge in [-0.3, -0.25) is 4.79 Å². The maximum atomic E-state index is 12.5. The van der Waals surface area contributed by atoms with Gasteiger partial charge in [-0.05, 0) is 30.0 Å². The van der Waals surface area contributed by atoms with E-state index in [1.165, 1.54) is 54.0 Å². The molecule has 0 saturated carbocycles. The number of benzene rings is 1. The number of ketones is 1. The molecule has 0 N–H and O–H groups in total. The average Bonchev–Trinajstić information content (AvgIpc) is 3.23. The van der Waals surface area contributed by atoms with Crippen LogP contribution in [0.1, 0.15) is 48.7 Å². The predicted molar refractivity (Wildman–Crippen MR) is 105 cm³/mol. The Kier molecular flexibility index (Phi) is 6.16. The molecule has 2 nitrogen and oxygen atoms in total. The number of hydrogen-bond donors (Lipinski definition) is 0. The normalized spacial score (nSPS) is 15.0. The quantitative estimate of drug-likeness (QED) is 0.312. The summed E-state index contributed by atoms with van der Waals surface area (Å²) in [5, 5.41) is 3.01. The van der Waals surface area contributed by atoms with E-state index in [0.717, 1.165) is 16.5 Å². The van der Waals surface area contributed by atoms with Crippen molar-refractivity contribution in [3.8, 4) is 0 Å². The van der Waals surface area contributed by atoms with Gasteiger partial charge in [-0.25, -0.2) is 0 Å². The molecule has 4 heteroatoms. The first-order valence-corrected chi connectivity index (χ1v) is 10.3. The van der Waals surface area contributed by atoms with Crippen molar-refractivity contribution in [1.29, 1.82) is 0 Å². The summed E-state index contributed by atoms with van der Waals surface area (Å²) in [6, 6.07) is 12.3. The first-order chi connectivity index (χ1) is 11.8. The minimum atomic E-state index is 0.108. The van der Waals surface area contributed by atoms with Gasteiger partial charge >= 0.3 is 0 Å². The van der Waals surface area contributed by atoms with Crippen molar-refractivity contribution in [3.63, 3.8) is 0 Å². The van der Waals surface area contributed by atoms with Crippen LogP contribution in [0.4, 0.5) is 5.69 Å². The minimum Gasteiger partial charge on any atom is -0.335 e. The van der Waals surface area contributed by atoms with E-state index in [2.05, 4.69) is 36.1 Å². The number of rotatable bonds is 8. The molecule has 1 aromatic carbocycles. The number of hydrogen-bond acceptors (Lipinski definition) is 4. The Morgan fingerprint density at radius 3 is 2.71 bits per heavy atom. The standard InChI is InChI=1S/C20H23NOS2/c1-2-3-4-5-8-13-21-16-10-6-7-11-18(16)24-20(21)15-17(22)19-12-9-14-23-19/h6-7,9-12,14-15H,2-5,8,13H2,1H3. The van der Waals surface area contributed by atoms with Gasteiger partial charge in [0.1, 0.15) is 0 Å². The molecule has 0 amide bonds. The van der Waals surface area contributed by atoms with Gasteiger partial charge in [0.05, 0.1) is 15.6 Å². The molecular formula is C20H23NOS2. The number of carbonyl (C=O) groups is 1. The number of para-hydroxylation sites is 1. The van der Waals surface area contributed by atoms with Crippen molar-refractivity contribution in [1.82, 2.24) is 0 Å². The zero-order valence-electron chi connectivity index (χ0n) is 14.0. The largest absolute Gasteiger partial charge is 0.335 e. The fraction of sp³-hybridized carbons (Fsp3) is 0.350. The molecule has 0 saturated heterocycles. The van der Waals surface area contributed by atoms with Crippen LogP contribution in [-0.2, 0) is 0 Å². The van der Waals surface area contributed by atoms with Crippen LogP contribution < -0.4 is 4.90 Å². The number of allylic oxidation sites excluding steroid dienone is 1. The zero-order valence-corrected chi connectivity index (χ0v) is 15.7. The Labute approximate surface area is 152 Å². The van der Waals surface area contributed by atoms with E-state index in [1.54, 1.807) is 11.8 Å². The van der Waals surface area contributed by atoms with Gasteiger partial charge in [0.2, 0.25) is 0 Å². The second-order valence-corrected chi connectivity index (χ2v) is 7.97. The third-order valence-electron chi connectivity index (χ3n) is 4.14. The van der Waals surface area contributed by atoms with Gasteiger partial charge < -0.3 is 4.90 Å². The summed E-state index contributed by atoms with van der Waals surface area (Å²) in [5.41, 5.74) is 1.24. The highest BCUT2D eigenvalue weighted by molar-refractivity contribution is 8.03. The number of thioether (sulfide) groups is 1. The van der Waals surface area contributed by atoms with Crippen LogP contribution >= 0.6 is 23.1 Å². The average molecular weight is 358 g/mol. The fourth-order valence-electron chi connectivity index (χ4n) is 2.87. The maximum absolute atomic E-state index is 12.5. The van der Waals surface area contributed by atoms with Crippen LogP contribution in [0.15, 0.2) is 57.8 Å². The van der Waals surface area contributed by atoms with Gasteiger partial charge in [-0.15, -0.1) is 11.3 Å². The van der Waals surface area contributed by atoms with E-state index in [9.17, 15) is 4.79 Å². The Morgan fingerprint density at radius 1 is 1.08 bits per heavy atom. The second-order valence-electron chi connectivity index (χ2n) is 5.96. The highest BCUT2D eigenvalue weighted by Crippen LogP contribution is 2.46. The van der Waals surface area contributed by atoms with Crippen LogP contribution in [0.3, 0.4) is 0 Å². The molecule has 0 radical (unpaired) electrons. The Morgan fingerprint density at radius 2 is 1.92 bits per heavy atom. The number of carbonyl (C=O) groups excluding carboxylic acids is 1. The summed E-state index contributed by atoms with van der Waals surface area (Å²) < 4.78 is 0. The van der Waals surface area contributed by atoms with Crippen LogP contribution in [0.5, 0.6) is 0 Å². The summed E-state index contributed by atoms with van der Waals surface area (Å²) >= 11 is 3.21.